The Kier molecular flexibility index (Phi) is 4.56. The standard InChI is InChI=1S/C13H18ClNS/c1-10-7-11(4-5-13(10)14)8-15-12-3-2-6-16-9-12/h4-5,7,12,15H,2-3,6,8-9H2,1H3. The van der Waals surface area contributed by atoms with Gasteiger partial charge in [-0.2, -0.15) is 11.8 Å². The van der Waals surface area contributed by atoms with Crippen molar-refractivity contribution in [1.29, 1.82) is 0 Å². The second kappa shape index (κ2) is 5.95. The van der Waals surface area contributed by atoms with Gasteiger partial charge in [-0.3, -0.25) is 0 Å². The minimum Gasteiger partial charge on any atom is -0.309 e. The Balaban J connectivity index is 1.86. The molecule has 1 saturated heterocycles. The number of hydrogen-bond donors (Lipinski definition) is 1. The van der Waals surface area contributed by atoms with E-state index in [-0.39, 0.29) is 0 Å². The number of nitrogens with one attached hydrogen (secondary N) is 1. The highest BCUT2D eigenvalue weighted by molar-refractivity contribution is 7.99. The fourth-order valence-corrected chi connectivity index (χ4v) is 3.20. The third kappa shape index (κ3) is 3.41. The van der Waals surface area contributed by atoms with Gasteiger partial charge in [-0.25, -0.2) is 0 Å². The van der Waals surface area contributed by atoms with Crippen molar-refractivity contribution in [2.45, 2.75) is 32.4 Å². The van der Waals surface area contributed by atoms with Gasteiger partial charge in [0.15, 0.2) is 0 Å². The highest BCUT2D eigenvalue weighted by atomic mass is 35.5. The van der Waals surface area contributed by atoms with E-state index < -0.39 is 0 Å². The smallest absolute Gasteiger partial charge is 0.0435 e. The first-order chi connectivity index (χ1) is 7.75. The summed E-state index contributed by atoms with van der Waals surface area (Å²) in [6.45, 7) is 3.02. The predicted octanol–water partition coefficient (Wildman–Crippen LogP) is 3.63. The molecule has 0 bridgehead atoms. The maximum atomic E-state index is 6.01. The molecular formula is C13H18ClNS. The summed E-state index contributed by atoms with van der Waals surface area (Å²) < 4.78 is 0. The van der Waals surface area contributed by atoms with E-state index in [0.717, 1.165) is 11.6 Å². The summed E-state index contributed by atoms with van der Waals surface area (Å²) in [6, 6.07) is 6.96. The van der Waals surface area contributed by atoms with Crippen molar-refractivity contribution in [2.24, 2.45) is 0 Å². The lowest BCUT2D eigenvalue weighted by Gasteiger charge is -2.22. The molecule has 1 N–H and O–H groups in total. The second-order valence-corrected chi connectivity index (χ2v) is 5.94. The Bertz CT molecular complexity index is 348. The molecule has 1 aliphatic heterocycles. The largest absolute Gasteiger partial charge is 0.309 e. The van der Waals surface area contributed by atoms with Gasteiger partial charge in [-0.05, 0) is 42.7 Å². The van der Waals surface area contributed by atoms with Crippen molar-refractivity contribution < 1.29 is 0 Å². The minimum atomic E-state index is 0.690. The molecule has 0 saturated carbocycles. The van der Waals surface area contributed by atoms with E-state index in [9.17, 15) is 0 Å². The summed E-state index contributed by atoms with van der Waals surface area (Å²) >= 11 is 8.07. The lowest BCUT2D eigenvalue weighted by molar-refractivity contribution is 0.507. The number of halogens is 1. The first kappa shape index (κ1) is 12.3. The highest BCUT2D eigenvalue weighted by Crippen LogP contribution is 2.19. The Morgan fingerprint density at radius 1 is 1.50 bits per heavy atom. The molecule has 16 heavy (non-hydrogen) atoms. The van der Waals surface area contributed by atoms with Crippen molar-refractivity contribution in [3.63, 3.8) is 0 Å². The lowest BCUT2D eigenvalue weighted by Crippen LogP contribution is -2.33. The van der Waals surface area contributed by atoms with Gasteiger partial charge < -0.3 is 5.32 Å². The average Bonchev–Trinajstić information content (AvgIpc) is 2.32. The fraction of sp³-hybridized carbons (Fsp3) is 0.538. The van der Waals surface area contributed by atoms with Gasteiger partial charge >= 0.3 is 0 Å². The molecule has 1 unspecified atom stereocenters. The molecule has 0 aromatic heterocycles. The third-order valence-electron chi connectivity index (χ3n) is 2.98. The van der Waals surface area contributed by atoms with Crippen LogP contribution in [-0.2, 0) is 6.54 Å². The van der Waals surface area contributed by atoms with Gasteiger partial charge in [0.2, 0.25) is 0 Å². The molecule has 88 valence electrons. The van der Waals surface area contributed by atoms with Crippen LogP contribution in [0.5, 0.6) is 0 Å². The maximum absolute atomic E-state index is 6.01. The van der Waals surface area contributed by atoms with Crippen LogP contribution in [0.1, 0.15) is 24.0 Å². The first-order valence-electron chi connectivity index (χ1n) is 5.82. The van der Waals surface area contributed by atoms with Gasteiger partial charge in [-0.15, -0.1) is 0 Å². The van der Waals surface area contributed by atoms with Crippen LogP contribution in [0, 0.1) is 6.92 Å². The average molecular weight is 256 g/mol. The van der Waals surface area contributed by atoms with Gasteiger partial charge in [-0.1, -0.05) is 23.7 Å². The fourth-order valence-electron chi connectivity index (χ4n) is 1.98. The van der Waals surface area contributed by atoms with Crippen LogP contribution in [0.3, 0.4) is 0 Å². The number of benzene rings is 1. The third-order valence-corrected chi connectivity index (χ3v) is 4.62. The minimum absolute atomic E-state index is 0.690. The molecule has 0 radical (unpaired) electrons. The first-order valence-corrected chi connectivity index (χ1v) is 7.35. The molecule has 1 aromatic carbocycles. The molecule has 2 rings (SSSR count). The lowest BCUT2D eigenvalue weighted by atomic mass is 10.1. The molecule has 1 heterocycles. The summed E-state index contributed by atoms with van der Waals surface area (Å²) in [5, 5.41) is 4.48. The van der Waals surface area contributed by atoms with Crippen molar-refractivity contribution in [2.75, 3.05) is 11.5 Å². The molecule has 1 nitrogen and oxygen atoms in total. The monoisotopic (exact) mass is 255 g/mol. The SMILES string of the molecule is Cc1cc(CNC2CCCSC2)ccc1Cl. The van der Waals surface area contributed by atoms with E-state index in [4.69, 9.17) is 11.6 Å². The van der Waals surface area contributed by atoms with E-state index in [2.05, 4.69) is 36.1 Å². The van der Waals surface area contributed by atoms with Crippen molar-refractivity contribution in [1.82, 2.24) is 5.32 Å². The van der Waals surface area contributed by atoms with Gasteiger partial charge in [0.25, 0.3) is 0 Å². The molecule has 0 aliphatic carbocycles. The van der Waals surface area contributed by atoms with Crippen LogP contribution in [0.15, 0.2) is 18.2 Å². The van der Waals surface area contributed by atoms with E-state index in [0.29, 0.717) is 6.04 Å². The van der Waals surface area contributed by atoms with Crippen molar-refractivity contribution >= 4 is 23.4 Å². The molecule has 1 atom stereocenters. The van der Waals surface area contributed by atoms with E-state index in [1.807, 2.05) is 6.07 Å². The van der Waals surface area contributed by atoms with Gasteiger partial charge in [0.05, 0.1) is 0 Å². The van der Waals surface area contributed by atoms with Crippen molar-refractivity contribution in [3.05, 3.63) is 34.3 Å². The Morgan fingerprint density at radius 2 is 2.38 bits per heavy atom. The summed E-state index contributed by atoms with van der Waals surface area (Å²) in [5.74, 6) is 2.59. The van der Waals surface area contributed by atoms with Gasteiger partial charge in [0.1, 0.15) is 0 Å². The zero-order chi connectivity index (χ0) is 11.4. The number of thioether (sulfide) groups is 1. The molecule has 1 aliphatic rings. The van der Waals surface area contributed by atoms with Crippen LogP contribution in [0.25, 0.3) is 0 Å². The second-order valence-electron chi connectivity index (χ2n) is 4.38. The number of hydrogen-bond acceptors (Lipinski definition) is 2. The van der Waals surface area contributed by atoms with Crippen molar-refractivity contribution in [3.8, 4) is 0 Å². The zero-order valence-corrected chi connectivity index (χ0v) is 11.2. The molecule has 0 amide bonds. The van der Waals surface area contributed by atoms with Crippen LogP contribution in [0.4, 0.5) is 0 Å². The highest BCUT2D eigenvalue weighted by Gasteiger charge is 2.12. The Hall–Kier alpha value is -0.180. The van der Waals surface area contributed by atoms with Crippen LogP contribution >= 0.6 is 23.4 Å². The van der Waals surface area contributed by atoms with Crippen LogP contribution < -0.4 is 5.32 Å². The summed E-state index contributed by atoms with van der Waals surface area (Å²) in [7, 11) is 0. The van der Waals surface area contributed by atoms with E-state index in [1.165, 1.54) is 35.5 Å². The number of aryl methyl sites for hydroxylation is 1. The zero-order valence-electron chi connectivity index (χ0n) is 9.63. The Morgan fingerprint density at radius 3 is 3.06 bits per heavy atom. The maximum Gasteiger partial charge on any atom is 0.0435 e. The quantitative estimate of drug-likeness (QED) is 0.885. The Labute approximate surface area is 107 Å². The summed E-state index contributed by atoms with van der Waals surface area (Å²) in [6.07, 6.45) is 2.67. The molecule has 1 fully saturated rings. The van der Waals surface area contributed by atoms with E-state index in [1.54, 1.807) is 0 Å². The van der Waals surface area contributed by atoms with Crippen LogP contribution in [0.2, 0.25) is 5.02 Å². The topological polar surface area (TPSA) is 12.0 Å². The normalized spacial score (nSPS) is 21.0. The molecule has 3 heteroatoms. The predicted molar refractivity (Wildman–Crippen MR) is 73.4 cm³/mol. The van der Waals surface area contributed by atoms with Crippen LogP contribution in [-0.4, -0.2) is 17.5 Å². The van der Waals surface area contributed by atoms with E-state index >= 15 is 0 Å². The van der Waals surface area contributed by atoms with Gasteiger partial charge in [0, 0.05) is 23.4 Å². The summed E-state index contributed by atoms with van der Waals surface area (Å²) in [4.78, 5) is 0. The molecule has 1 aromatic rings. The number of rotatable bonds is 3. The molecule has 0 spiro atoms. The summed E-state index contributed by atoms with van der Waals surface area (Å²) in [5.41, 5.74) is 2.50. The molecular weight excluding hydrogens is 238 g/mol.